The Labute approximate surface area is 104 Å². The van der Waals surface area contributed by atoms with Gasteiger partial charge in [0, 0.05) is 12.1 Å². The topological polar surface area (TPSA) is 44.5 Å². The van der Waals surface area contributed by atoms with Crippen molar-refractivity contribution in [3.8, 4) is 11.5 Å². The number of para-hydroxylation sites is 1. The van der Waals surface area contributed by atoms with Crippen molar-refractivity contribution in [2.75, 3.05) is 13.7 Å². The molecule has 0 aliphatic rings. The molecule has 0 fully saturated rings. The summed E-state index contributed by atoms with van der Waals surface area (Å²) in [6.45, 7) is 7.73. The molecule has 1 aromatic carbocycles. The Hall–Kier alpha value is -1.22. The summed E-state index contributed by atoms with van der Waals surface area (Å²) >= 11 is 0. The third-order valence-electron chi connectivity index (χ3n) is 2.60. The summed E-state index contributed by atoms with van der Waals surface area (Å²) in [6.07, 6.45) is 0.995. The zero-order valence-electron chi connectivity index (χ0n) is 11.2. The van der Waals surface area contributed by atoms with E-state index in [2.05, 4.69) is 20.8 Å². The van der Waals surface area contributed by atoms with Gasteiger partial charge < -0.3 is 15.2 Å². The van der Waals surface area contributed by atoms with Gasteiger partial charge in [0.15, 0.2) is 11.5 Å². The smallest absolute Gasteiger partial charge is 0.165 e. The number of nitrogens with two attached hydrogens (primary N) is 1. The van der Waals surface area contributed by atoms with E-state index in [1.54, 1.807) is 7.11 Å². The summed E-state index contributed by atoms with van der Waals surface area (Å²) in [7, 11) is 1.65. The molecule has 0 heterocycles. The molecule has 3 heteroatoms. The van der Waals surface area contributed by atoms with Crippen LogP contribution < -0.4 is 15.2 Å². The fourth-order valence-corrected chi connectivity index (χ4v) is 1.51. The first-order valence-electron chi connectivity index (χ1n) is 5.96. The van der Waals surface area contributed by atoms with Crippen molar-refractivity contribution >= 4 is 0 Å². The van der Waals surface area contributed by atoms with E-state index in [9.17, 15) is 0 Å². The van der Waals surface area contributed by atoms with Crippen LogP contribution in [0.1, 0.15) is 32.8 Å². The van der Waals surface area contributed by atoms with E-state index in [1.165, 1.54) is 0 Å². The van der Waals surface area contributed by atoms with E-state index in [0.717, 1.165) is 23.5 Å². The number of rotatable bonds is 5. The van der Waals surface area contributed by atoms with Crippen molar-refractivity contribution in [3.63, 3.8) is 0 Å². The van der Waals surface area contributed by atoms with Crippen molar-refractivity contribution in [2.24, 2.45) is 11.1 Å². The van der Waals surface area contributed by atoms with Gasteiger partial charge in [-0.3, -0.25) is 0 Å². The standard InChI is InChI=1S/C14H23NO2/c1-14(2,3)8-9-17-13-11(10-15)6-5-7-12(13)16-4/h5-7H,8-10,15H2,1-4H3. The fraction of sp³-hybridized carbons (Fsp3) is 0.571. The van der Waals surface area contributed by atoms with Gasteiger partial charge in [0.1, 0.15) is 0 Å². The number of ether oxygens (including phenoxy) is 2. The molecule has 0 bridgehead atoms. The minimum atomic E-state index is 0.269. The lowest BCUT2D eigenvalue weighted by molar-refractivity contribution is 0.232. The van der Waals surface area contributed by atoms with Gasteiger partial charge in [0.2, 0.25) is 0 Å². The van der Waals surface area contributed by atoms with Crippen LogP contribution in [0, 0.1) is 5.41 Å². The lowest BCUT2D eigenvalue weighted by Crippen LogP contribution is -2.12. The Balaban J connectivity index is 2.74. The molecule has 0 radical (unpaired) electrons. The second-order valence-electron chi connectivity index (χ2n) is 5.31. The van der Waals surface area contributed by atoms with E-state index in [1.807, 2.05) is 18.2 Å². The Bertz CT molecular complexity index is 333. The van der Waals surface area contributed by atoms with Gasteiger partial charge in [-0.1, -0.05) is 32.9 Å². The van der Waals surface area contributed by atoms with Gasteiger partial charge in [0.25, 0.3) is 0 Å². The molecular formula is C14H23NO2. The zero-order chi connectivity index (χ0) is 12.9. The van der Waals surface area contributed by atoms with Crippen LogP contribution >= 0.6 is 0 Å². The molecule has 96 valence electrons. The first-order valence-corrected chi connectivity index (χ1v) is 5.96. The van der Waals surface area contributed by atoms with Crippen molar-refractivity contribution in [2.45, 2.75) is 33.7 Å². The second kappa shape index (κ2) is 5.92. The number of hydrogen-bond donors (Lipinski definition) is 1. The van der Waals surface area contributed by atoms with Gasteiger partial charge in [-0.25, -0.2) is 0 Å². The maximum absolute atomic E-state index is 5.82. The van der Waals surface area contributed by atoms with Crippen LogP contribution in [-0.4, -0.2) is 13.7 Å². The molecule has 1 aromatic rings. The molecular weight excluding hydrogens is 214 g/mol. The normalized spacial score (nSPS) is 11.4. The molecule has 1 rings (SSSR count). The van der Waals surface area contributed by atoms with Crippen LogP contribution in [0.3, 0.4) is 0 Å². The minimum absolute atomic E-state index is 0.269. The van der Waals surface area contributed by atoms with Gasteiger partial charge >= 0.3 is 0 Å². The highest BCUT2D eigenvalue weighted by Gasteiger charge is 2.13. The highest BCUT2D eigenvalue weighted by Crippen LogP contribution is 2.31. The first kappa shape index (κ1) is 13.8. The predicted octanol–water partition coefficient (Wildman–Crippen LogP) is 2.97. The first-order chi connectivity index (χ1) is 7.98. The lowest BCUT2D eigenvalue weighted by atomic mass is 9.93. The summed E-state index contributed by atoms with van der Waals surface area (Å²) in [5.41, 5.74) is 6.95. The third-order valence-corrected chi connectivity index (χ3v) is 2.60. The highest BCUT2D eigenvalue weighted by molar-refractivity contribution is 5.46. The SMILES string of the molecule is COc1cccc(CN)c1OCCC(C)(C)C. The minimum Gasteiger partial charge on any atom is -0.493 e. The van der Waals surface area contributed by atoms with Gasteiger partial charge in [-0.15, -0.1) is 0 Å². The molecule has 0 saturated carbocycles. The number of methoxy groups -OCH3 is 1. The quantitative estimate of drug-likeness (QED) is 0.856. The van der Waals surface area contributed by atoms with E-state index < -0.39 is 0 Å². The van der Waals surface area contributed by atoms with Gasteiger partial charge in [-0.2, -0.15) is 0 Å². The third kappa shape index (κ3) is 4.27. The molecule has 0 spiro atoms. The maximum Gasteiger partial charge on any atom is 0.165 e. The molecule has 0 aliphatic carbocycles. The molecule has 17 heavy (non-hydrogen) atoms. The largest absolute Gasteiger partial charge is 0.493 e. The summed E-state index contributed by atoms with van der Waals surface area (Å²) in [5.74, 6) is 1.53. The van der Waals surface area contributed by atoms with Gasteiger partial charge in [-0.05, 0) is 17.9 Å². The summed E-state index contributed by atoms with van der Waals surface area (Å²) in [4.78, 5) is 0. The van der Waals surface area contributed by atoms with Crippen molar-refractivity contribution in [1.82, 2.24) is 0 Å². The second-order valence-corrected chi connectivity index (χ2v) is 5.31. The monoisotopic (exact) mass is 237 g/mol. The Morgan fingerprint density at radius 3 is 2.47 bits per heavy atom. The van der Waals surface area contributed by atoms with Gasteiger partial charge in [0.05, 0.1) is 13.7 Å². The Morgan fingerprint density at radius 2 is 1.94 bits per heavy atom. The van der Waals surface area contributed by atoms with Crippen molar-refractivity contribution < 1.29 is 9.47 Å². The molecule has 0 atom stereocenters. The van der Waals surface area contributed by atoms with Crippen LogP contribution in [-0.2, 0) is 6.54 Å². The summed E-state index contributed by atoms with van der Waals surface area (Å²) in [6, 6.07) is 5.79. The lowest BCUT2D eigenvalue weighted by Gasteiger charge is -2.20. The van der Waals surface area contributed by atoms with Crippen LogP contribution in [0.2, 0.25) is 0 Å². The molecule has 0 aromatic heterocycles. The zero-order valence-corrected chi connectivity index (χ0v) is 11.2. The average molecular weight is 237 g/mol. The molecule has 2 N–H and O–H groups in total. The summed E-state index contributed by atoms with van der Waals surface area (Å²) < 4.78 is 11.1. The Kier molecular flexibility index (Phi) is 4.82. The maximum atomic E-state index is 5.82. The molecule has 0 saturated heterocycles. The Morgan fingerprint density at radius 1 is 1.24 bits per heavy atom. The average Bonchev–Trinajstić information content (AvgIpc) is 2.27. The van der Waals surface area contributed by atoms with Crippen molar-refractivity contribution in [3.05, 3.63) is 23.8 Å². The van der Waals surface area contributed by atoms with E-state index in [4.69, 9.17) is 15.2 Å². The van der Waals surface area contributed by atoms with Crippen LogP contribution in [0.4, 0.5) is 0 Å². The highest BCUT2D eigenvalue weighted by atomic mass is 16.5. The molecule has 0 amide bonds. The number of benzene rings is 1. The van der Waals surface area contributed by atoms with Crippen LogP contribution in [0.25, 0.3) is 0 Å². The molecule has 0 unspecified atom stereocenters. The number of hydrogen-bond acceptors (Lipinski definition) is 3. The van der Waals surface area contributed by atoms with Crippen LogP contribution in [0.5, 0.6) is 11.5 Å². The van der Waals surface area contributed by atoms with E-state index in [0.29, 0.717) is 13.2 Å². The fourth-order valence-electron chi connectivity index (χ4n) is 1.51. The summed E-state index contributed by atoms with van der Waals surface area (Å²) in [5, 5.41) is 0. The van der Waals surface area contributed by atoms with Crippen molar-refractivity contribution in [1.29, 1.82) is 0 Å². The predicted molar refractivity (Wildman–Crippen MR) is 70.5 cm³/mol. The molecule has 3 nitrogen and oxygen atoms in total. The molecule has 0 aliphatic heterocycles. The van der Waals surface area contributed by atoms with E-state index >= 15 is 0 Å². The van der Waals surface area contributed by atoms with E-state index in [-0.39, 0.29) is 5.41 Å². The van der Waals surface area contributed by atoms with Crippen LogP contribution in [0.15, 0.2) is 18.2 Å².